The Hall–Kier alpha value is -3.78. The minimum Gasteiger partial charge on any atom is -0.443 e. The number of ketones is 1. The number of hydrogen-bond donors (Lipinski definition) is 1. The van der Waals surface area contributed by atoms with Gasteiger partial charge in [-0.1, -0.05) is 12.1 Å². The number of carbonyl (C=O) groups is 2. The number of benzene rings is 2. The van der Waals surface area contributed by atoms with Gasteiger partial charge in [-0.25, -0.2) is 22.0 Å². The van der Waals surface area contributed by atoms with Gasteiger partial charge < -0.3 is 10.1 Å². The first-order valence-electron chi connectivity index (χ1n) is 11.3. The number of halogens is 2. The fourth-order valence-electron chi connectivity index (χ4n) is 3.78. The fraction of sp³-hybridized carbons (Fsp3) is 0.346. The molecule has 37 heavy (non-hydrogen) atoms. The first-order chi connectivity index (χ1) is 17.2. The van der Waals surface area contributed by atoms with E-state index in [1.54, 1.807) is 26.8 Å². The number of ether oxygens (including phenoxy) is 1. The number of hydrogen-bond acceptors (Lipinski definition) is 7. The van der Waals surface area contributed by atoms with Crippen LogP contribution < -0.4 is 10.2 Å². The number of Topliss-reactive ketones (excluding diaryl/α,β-unsaturated/α-hetero) is 1. The molecule has 8 nitrogen and oxygen atoms in total. The predicted molar refractivity (Wildman–Crippen MR) is 134 cm³/mol. The Bertz CT molecular complexity index is 1410. The van der Waals surface area contributed by atoms with Crippen molar-refractivity contribution in [2.45, 2.75) is 50.5 Å². The average molecular weight is 532 g/mol. The van der Waals surface area contributed by atoms with Crippen molar-refractivity contribution in [3.63, 3.8) is 0 Å². The molecule has 0 radical (unpaired) electrons. The molecule has 196 valence electrons. The van der Waals surface area contributed by atoms with Crippen molar-refractivity contribution in [2.24, 2.45) is 0 Å². The maximum atomic E-state index is 13.3. The van der Waals surface area contributed by atoms with Crippen molar-refractivity contribution in [3.05, 3.63) is 64.9 Å². The van der Waals surface area contributed by atoms with Gasteiger partial charge in [0.05, 0.1) is 28.8 Å². The normalized spacial score (nSPS) is 14.1. The van der Waals surface area contributed by atoms with Gasteiger partial charge in [0.1, 0.15) is 5.60 Å². The molecular weight excluding hydrogens is 504 g/mol. The summed E-state index contributed by atoms with van der Waals surface area (Å²) in [5.41, 5.74) is -0.136. The Morgan fingerprint density at radius 2 is 1.89 bits per heavy atom. The van der Waals surface area contributed by atoms with Crippen molar-refractivity contribution in [1.29, 1.82) is 5.26 Å². The van der Waals surface area contributed by atoms with E-state index in [1.807, 2.05) is 6.07 Å². The number of nitriles is 1. The topological polar surface area (TPSA) is 117 Å². The van der Waals surface area contributed by atoms with Crippen molar-refractivity contribution in [2.75, 3.05) is 23.0 Å². The lowest BCUT2D eigenvalue weighted by molar-refractivity contribution is -0.114. The summed E-state index contributed by atoms with van der Waals surface area (Å²) in [6.45, 7) is 4.59. The number of nitrogens with one attached hydrogen (secondary N) is 1. The first-order valence-corrected chi connectivity index (χ1v) is 13.2. The Morgan fingerprint density at radius 3 is 2.49 bits per heavy atom. The Morgan fingerprint density at radius 1 is 1.19 bits per heavy atom. The highest BCUT2D eigenvalue weighted by molar-refractivity contribution is 7.90. The van der Waals surface area contributed by atoms with Crippen LogP contribution in [0.2, 0.25) is 0 Å². The molecule has 2 aromatic rings. The zero-order valence-corrected chi connectivity index (χ0v) is 21.7. The summed E-state index contributed by atoms with van der Waals surface area (Å²) in [5, 5.41) is 12.3. The molecule has 0 spiro atoms. The standard InChI is InChI=1S/C26H27F2N3O5S/c1-26(2,3)36-25(33)31(21-10-8-16(14-29)12-23(21)37(4,34)35)15-19-20(9-11-22(19)32)30-18-7-5-6-17(13-18)24(27)28/h5-8,10,12-13,24,30H,9,11,15H2,1-4H3. The Kier molecular flexibility index (Phi) is 8.03. The third-order valence-electron chi connectivity index (χ3n) is 5.45. The van der Waals surface area contributed by atoms with E-state index in [1.165, 1.54) is 30.3 Å². The summed E-state index contributed by atoms with van der Waals surface area (Å²) in [5.74, 6) is -0.282. The lowest BCUT2D eigenvalue weighted by Gasteiger charge is -2.29. The smallest absolute Gasteiger partial charge is 0.415 e. The maximum Gasteiger partial charge on any atom is 0.415 e. The van der Waals surface area contributed by atoms with E-state index in [0.717, 1.165) is 17.2 Å². The van der Waals surface area contributed by atoms with Gasteiger partial charge in [0.25, 0.3) is 6.43 Å². The Labute approximate surface area is 214 Å². The second-order valence-electron chi connectivity index (χ2n) is 9.56. The van der Waals surface area contributed by atoms with E-state index in [-0.39, 0.29) is 52.5 Å². The van der Waals surface area contributed by atoms with Gasteiger partial charge in [-0.3, -0.25) is 9.69 Å². The van der Waals surface area contributed by atoms with E-state index >= 15 is 0 Å². The number of rotatable bonds is 7. The van der Waals surface area contributed by atoms with Crippen LogP contribution >= 0.6 is 0 Å². The summed E-state index contributed by atoms with van der Waals surface area (Å²) in [7, 11) is -3.90. The summed E-state index contributed by atoms with van der Waals surface area (Å²) in [6.07, 6.45) is -2.21. The molecule has 0 saturated heterocycles. The second kappa shape index (κ2) is 10.7. The quantitative estimate of drug-likeness (QED) is 0.510. The number of allylic oxidation sites excluding steroid dienone is 1. The van der Waals surface area contributed by atoms with Gasteiger partial charge >= 0.3 is 6.09 Å². The zero-order valence-electron chi connectivity index (χ0n) is 20.8. The molecule has 0 unspecified atom stereocenters. The molecule has 0 aromatic heterocycles. The molecule has 0 fully saturated rings. The molecule has 0 bridgehead atoms. The second-order valence-corrected chi connectivity index (χ2v) is 11.5. The van der Waals surface area contributed by atoms with E-state index in [2.05, 4.69) is 5.32 Å². The molecule has 1 amide bonds. The molecule has 0 heterocycles. The predicted octanol–water partition coefficient (Wildman–Crippen LogP) is 5.37. The molecule has 3 rings (SSSR count). The monoisotopic (exact) mass is 531 g/mol. The summed E-state index contributed by atoms with van der Waals surface area (Å²) in [4.78, 5) is 26.9. The molecule has 1 aliphatic carbocycles. The van der Waals surface area contributed by atoms with Crippen molar-refractivity contribution < 1.29 is 31.5 Å². The highest BCUT2D eigenvalue weighted by Crippen LogP contribution is 2.32. The lowest BCUT2D eigenvalue weighted by Crippen LogP contribution is -2.39. The van der Waals surface area contributed by atoms with Crippen LogP contribution in [0, 0.1) is 11.3 Å². The third-order valence-corrected chi connectivity index (χ3v) is 6.57. The van der Waals surface area contributed by atoms with Crippen molar-refractivity contribution in [1.82, 2.24) is 0 Å². The maximum absolute atomic E-state index is 13.3. The number of anilines is 2. The number of alkyl halides is 2. The largest absolute Gasteiger partial charge is 0.443 e. The van der Waals surface area contributed by atoms with Crippen LogP contribution in [0.1, 0.15) is 51.2 Å². The van der Waals surface area contributed by atoms with Gasteiger partial charge in [0.15, 0.2) is 15.6 Å². The van der Waals surface area contributed by atoms with Gasteiger partial charge in [-0.15, -0.1) is 0 Å². The van der Waals surface area contributed by atoms with Crippen molar-refractivity contribution >= 4 is 33.1 Å². The van der Waals surface area contributed by atoms with E-state index in [4.69, 9.17) is 4.74 Å². The van der Waals surface area contributed by atoms with Gasteiger partial charge in [0.2, 0.25) is 0 Å². The Balaban J connectivity index is 2.10. The highest BCUT2D eigenvalue weighted by Gasteiger charge is 2.32. The number of nitrogens with zero attached hydrogens (tertiary/aromatic N) is 2. The molecule has 11 heteroatoms. The third kappa shape index (κ3) is 6.92. The molecule has 1 N–H and O–H groups in total. The molecule has 2 aromatic carbocycles. The molecule has 0 atom stereocenters. The van der Waals surface area contributed by atoms with E-state index in [0.29, 0.717) is 11.4 Å². The summed E-state index contributed by atoms with van der Waals surface area (Å²) in [6, 6.07) is 11.3. The molecule has 0 saturated carbocycles. The molecule has 0 aliphatic heterocycles. The van der Waals surface area contributed by atoms with Crippen LogP contribution in [-0.2, 0) is 19.4 Å². The van der Waals surface area contributed by atoms with Crippen LogP contribution in [0.3, 0.4) is 0 Å². The highest BCUT2D eigenvalue weighted by atomic mass is 32.2. The van der Waals surface area contributed by atoms with Gasteiger partial charge in [-0.05, 0) is 57.5 Å². The minimum atomic E-state index is -3.90. The van der Waals surface area contributed by atoms with Crippen LogP contribution in [-0.4, -0.2) is 38.7 Å². The van der Waals surface area contributed by atoms with Crippen LogP contribution in [0.4, 0.5) is 25.0 Å². The SMILES string of the molecule is CC(C)(C)OC(=O)N(CC1=C(Nc2cccc(C(F)F)c2)CCC1=O)c1ccc(C#N)cc1S(C)(=O)=O. The van der Waals surface area contributed by atoms with Crippen LogP contribution in [0.15, 0.2) is 58.6 Å². The van der Waals surface area contributed by atoms with Gasteiger partial charge in [0, 0.05) is 35.2 Å². The van der Waals surface area contributed by atoms with Crippen molar-refractivity contribution in [3.8, 4) is 6.07 Å². The van der Waals surface area contributed by atoms with E-state index < -0.39 is 28.0 Å². The number of carbonyl (C=O) groups excluding carboxylic acids is 2. The lowest BCUT2D eigenvalue weighted by atomic mass is 10.1. The fourth-order valence-corrected chi connectivity index (χ4v) is 4.68. The zero-order chi connectivity index (χ0) is 27.5. The first kappa shape index (κ1) is 27.8. The van der Waals surface area contributed by atoms with Crippen LogP contribution in [0.5, 0.6) is 0 Å². The van der Waals surface area contributed by atoms with Crippen LogP contribution in [0.25, 0.3) is 0 Å². The summed E-state index contributed by atoms with van der Waals surface area (Å²) >= 11 is 0. The molecule has 1 aliphatic rings. The number of sulfone groups is 1. The minimum absolute atomic E-state index is 0.0537. The van der Waals surface area contributed by atoms with Gasteiger partial charge in [-0.2, -0.15) is 5.26 Å². The van der Waals surface area contributed by atoms with E-state index in [9.17, 15) is 32.0 Å². The molecular formula is C26H27F2N3O5S. The number of amides is 1. The average Bonchev–Trinajstić information content (AvgIpc) is 3.14. The summed E-state index contributed by atoms with van der Waals surface area (Å²) < 4.78 is 57.0.